The number of ketones is 3. The van der Waals surface area contributed by atoms with Crippen molar-refractivity contribution in [2.24, 2.45) is 0 Å². The number of methoxy groups -OCH3 is 1. The van der Waals surface area contributed by atoms with Crippen LogP contribution in [0.15, 0.2) is 178 Å². The van der Waals surface area contributed by atoms with E-state index in [1.165, 1.54) is 0 Å². The highest BCUT2D eigenvalue weighted by Crippen LogP contribution is 2.18. The lowest BCUT2D eigenvalue weighted by atomic mass is 10.0. The number of aliphatic hydroxyl groups excluding tert-OH is 3. The Morgan fingerprint density at radius 1 is 0.412 bits per heavy atom. The summed E-state index contributed by atoms with van der Waals surface area (Å²) in [5, 5.41) is 31.8. The maximum absolute atomic E-state index is 13.5. The molecule has 0 fully saturated rings. The summed E-state index contributed by atoms with van der Waals surface area (Å²) in [6, 6.07) is 46.4. The predicted octanol–water partition coefficient (Wildman–Crippen LogP) is 5.21. The van der Waals surface area contributed by atoms with Gasteiger partial charge in [-0.25, -0.2) is 28.1 Å². The van der Waals surface area contributed by atoms with Gasteiger partial charge in [0.2, 0.25) is 0 Å². The van der Waals surface area contributed by atoms with Gasteiger partial charge in [0.1, 0.15) is 42.7 Å². The Hall–Kier alpha value is -7.98. The molecule has 0 bridgehead atoms. The number of ether oxygens (including phenoxy) is 3. The van der Waals surface area contributed by atoms with Crippen molar-refractivity contribution in [1.29, 1.82) is 0 Å². The van der Waals surface area contributed by atoms with Crippen LogP contribution in [0.2, 0.25) is 0 Å². The number of aliphatic hydroxyl groups is 3. The molecule has 0 saturated heterocycles. The second-order valence-electron chi connectivity index (χ2n) is 15.5. The highest BCUT2D eigenvalue weighted by atomic mass is 16.5. The fraction of sp³-hybridized carbons (Fsp3) is 0.208. The first-order valence-electron chi connectivity index (χ1n) is 21.7. The summed E-state index contributed by atoms with van der Waals surface area (Å²) >= 11 is 0. The number of aromatic nitrogens is 3. The van der Waals surface area contributed by atoms with Gasteiger partial charge in [-0.2, -0.15) is 0 Å². The second kappa shape index (κ2) is 24.0. The van der Waals surface area contributed by atoms with Gasteiger partial charge in [0.25, 0.3) is 0 Å². The van der Waals surface area contributed by atoms with Crippen molar-refractivity contribution < 1.29 is 43.9 Å². The van der Waals surface area contributed by atoms with Crippen molar-refractivity contribution in [2.75, 3.05) is 20.3 Å². The van der Waals surface area contributed by atoms with Gasteiger partial charge < -0.3 is 29.5 Å². The molecule has 3 atom stereocenters. The molecule has 0 saturated carbocycles. The first kappa shape index (κ1) is 49.5. The molecule has 7 rings (SSSR count). The summed E-state index contributed by atoms with van der Waals surface area (Å²) in [5.74, 6) is 1.09. The Labute approximate surface area is 391 Å². The topological polar surface area (TPSA) is 206 Å². The Morgan fingerprint density at radius 3 is 0.956 bits per heavy atom. The van der Waals surface area contributed by atoms with E-state index in [4.69, 9.17) is 14.2 Å². The third kappa shape index (κ3) is 13.1. The number of carbonyl (C=O) groups is 3. The highest BCUT2D eigenvalue weighted by molar-refractivity contribution is 6.10. The zero-order valence-corrected chi connectivity index (χ0v) is 37.4. The molecule has 15 heteroatoms. The summed E-state index contributed by atoms with van der Waals surface area (Å²) in [6.45, 7) is -0.589. The average molecular weight is 922 g/mol. The van der Waals surface area contributed by atoms with Gasteiger partial charge in [0.15, 0.2) is 17.3 Å². The van der Waals surface area contributed by atoms with Gasteiger partial charge in [0.05, 0.1) is 32.8 Å². The Morgan fingerprint density at radius 2 is 0.676 bits per heavy atom. The third-order valence-corrected chi connectivity index (χ3v) is 10.6. The number of rotatable bonds is 20. The Balaban J connectivity index is 0.000000399. The molecule has 0 spiro atoms. The van der Waals surface area contributed by atoms with Crippen LogP contribution in [0.1, 0.15) is 61.1 Å². The van der Waals surface area contributed by atoms with Crippen LogP contribution in [0, 0.1) is 0 Å². The zero-order chi connectivity index (χ0) is 48.6. The summed E-state index contributed by atoms with van der Waals surface area (Å²) in [7, 11) is 1.61. The largest absolute Gasteiger partial charge is 0.497 e. The molecular weight excluding hydrogens is 871 g/mol. The lowest BCUT2D eigenvalue weighted by Crippen LogP contribution is -2.57. The summed E-state index contributed by atoms with van der Waals surface area (Å²) in [5.41, 5.74) is 0.127. The van der Waals surface area contributed by atoms with Gasteiger partial charge >= 0.3 is 17.1 Å². The molecule has 1 heterocycles. The minimum Gasteiger partial charge on any atom is -0.497 e. The van der Waals surface area contributed by atoms with Crippen LogP contribution in [-0.4, -0.2) is 85.0 Å². The van der Waals surface area contributed by atoms with Crippen molar-refractivity contribution in [1.82, 2.24) is 13.7 Å². The molecule has 0 aliphatic rings. The second-order valence-corrected chi connectivity index (χ2v) is 15.5. The minimum atomic E-state index is -1.39. The van der Waals surface area contributed by atoms with E-state index >= 15 is 0 Å². The quantitative estimate of drug-likeness (QED) is 0.0844. The molecule has 0 aliphatic carbocycles. The summed E-state index contributed by atoms with van der Waals surface area (Å²) in [6.07, 6.45) is -3.66. The van der Waals surface area contributed by atoms with E-state index in [0.29, 0.717) is 58.6 Å². The summed E-state index contributed by atoms with van der Waals surface area (Å²) in [4.78, 5) is 77.4. The molecular formula is C53H51N3O12. The van der Waals surface area contributed by atoms with Crippen molar-refractivity contribution in [3.8, 4) is 17.2 Å². The fourth-order valence-corrected chi connectivity index (χ4v) is 6.82. The lowest BCUT2D eigenvalue weighted by Gasteiger charge is -2.19. The first-order chi connectivity index (χ1) is 32.9. The van der Waals surface area contributed by atoms with Crippen LogP contribution < -0.4 is 31.3 Å². The number of hydrogen-bond donors (Lipinski definition) is 3. The normalized spacial score (nSPS) is 12.1. The van der Waals surface area contributed by atoms with E-state index < -0.39 is 55.0 Å². The zero-order valence-electron chi connectivity index (χ0n) is 37.4. The van der Waals surface area contributed by atoms with E-state index in [0.717, 1.165) is 5.75 Å². The van der Waals surface area contributed by atoms with Crippen LogP contribution in [0.5, 0.6) is 17.2 Å². The van der Waals surface area contributed by atoms with Crippen molar-refractivity contribution in [2.45, 2.75) is 51.3 Å². The first-order valence-corrected chi connectivity index (χ1v) is 21.7. The molecule has 350 valence electrons. The highest BCUT2D eigenvalue weighted by Gasteiger charge is 2.22. The van der Waals surface area contributed by atoms with E-state index in [1.807, 2.05) is 42.5 Å². The van der Waals surface area contributed by atoms with Gasteiger partial charge in [0, 0.05) is 33.4 Å². The summed E-state index contributed by atoms with van der Waals surface area (Å²) < 4.78 is 18.3. The number of nitrogens with zero attached hydrogens (tertiary/aromatic N) is 3. The van der Waals surface area contributed by atoms with Gasteiger partial charge in [-0.15, -0.1) is 0 Å². The number of benzene rings is 6. The monoisotopic (exact) mass is 921 g/mol. The smallest absolute Gasteiger partial charge is 0.336 e. The van der Waals surface area contributed by atoms with E-state index in [2.05, 4.69) is 0 Å². The number of carbonyl (C=O) groups excluding carboxylic acids is 3. The van der Waals surface area contributed by atoms with Crippen LogP contribution >= 0.6 is 0 Å². The number of hydrogen-bond acceptors (Lipinski definition) is 12. The molecule has 68 heavy (non-hydrogen) atoms. The van der Waals surface area contributed by atoms with Crippen LogP contribution in [-0.2, 0) is 19.6 Å². The van der Waals surface area contributed by atoms with Crippen molar-refractivity contribution >= 4 is 17.3 Å². The predicted molar refractivity (Wildman–Crippen MR) is 254 cm³/mol. The van der Waals surface area contributed by atoms with Crippen LogP contribution in [0.4, 0.5) is 0 Å². The van der Waals surface area contributed by atoms with E-state index in [9.17, 15) is 44.1 Å². The molecule has 0 amide bonds. The average Bonchev–Trinajstić information content (AvgIpc) is 3.39. The fourth-order valence-electron chi connectivity index (χ4n) is 6.82. The standard InChI is InChI=1S/C39H39N3O10.C14H12O2/c1-2-30(43)21-40-37(48)41(22-31(44)24-51-33-17-13-28(14-18-33)35(46)26-9-5-3-6-10-26)39(50)42(38(40)49)23-32(45)25-52-34-19-15-29(16-20-34)36(47)27-11-7-4-8-12-27;1-16-13-9-7-12(8-10-13)14(15)11-5-3-2-4-6-11/h3-20,30-32,43-45H,2,21-25H2,1H3;2-10H,1H3. The van der Waals surface area contributed by atoms with E-state index in [1.54, 1.807) is 135 Å². The van der Waals surface area contributed by atoms with Crippen molar-refractivity contribution in [3.05, 3.63) is 229 Å². The van der Waals surface area contributed by atoms with Crippen LogP contribution in [0.3, 0.4) is 0 Å². The van der Waals surface area contributed by atoms with Gasteiger partial charge in [-0.3, -0.25) is 14.4 Å². The Kier molecular flexibility index (Phi) is 17.4. The molecule has 7 aromatic rings. The van der Waals surface area contributed by atoms with Gasteiger partial charge in [-0.05, 0) is 79.2 Å². The maximum atomic E-state index is 13.5. The maximum Gasteiger partial charge on any atom is 0.336 e. The van der Waals surface area contributed by atoms with Crippen LogP contribution in [0.25, 0.3) is 0 Å². The SMILES string of the molecule is CCC(O)Cn1c(=O)n(CC(O)COc2ccc(C(=O)c3ccccc3)cc2)c(=O)n(CC(O)COc2ccc(C(=O)c3ccccc3)cc2)c1=O.COc1ccc(C(=O)c2ccccc2)cc1. The minimum absolute atomic E-state index is 0.0308. The molecule has 0 aliphatic heterocycles. The molecule has 0 radical (unpaired) electrons. The molecule has 3 unspecified atom stereocenters. The molecule has 15 nitrogen and oxygen atoms in total. The molecule has 6 aromatic carbocycles. The molecule has 3 N–H and O–H groups in total. The molecule has 1 aromatic heterocycles. The lowest BCUT2D eigenvalue weighted by molar-refractivity contribution is 0.0798. The van der Waals surface area contributed by atoms with E-state index in [-0.39, 0.29) is 37.0 Å². The van der Waals surface area contributed by atoms with Crippen molar-refractivity contribution in [3.63, 3.8) is 0 Å². The van der Waals surface area contributed by atoms with Gasteiger partial charge in [-0.1, -0.05) is 97.9 Å². The Bertz CT molecular complexity index is 2790. The third-order valence-electron chi connectivity index (χ3n) is 10.6.